The normalized spacial score (nSPS) is 24.1. The molecule has 0 radical (unpaired) electrons. The molecule has 1 atom stereocenters. The molecule has 11 heavy (non-hydrogen) atoms. The van der Waals surface area contributed by atoms with Gasteiger partial charge in [-0.15, -0.1) is 0 Å². The Morgan fingerprint density at radius 2 is 2.00 bits per heavy atom. The van der Waals surface area contributed by atoms with Crippen LogP contribution in [0.25, 0.3) is 0 Å². The number of allylic oxidation sites excluding steroid dienone is 4. The third-order valence-corrected chi connectivity index (χ3v) is 1.56. The van der Waals surface area contributed by atoms with Crippen LogP contribution >= 0.6 is 0 Å². The number of hydrogen-bond acceptors (Lipinski definition) is 0. The molecule has 0 spiro atoms. The molecule has 0 aliphatic heterocycles. The molecule has 62 valence electrons. The van der Waals surface area contributed by atoms with Crippen LogP contribution in [0.5, 0.6) is 0 Å². The molecule has 0 saturated carbocycles. The van der Waals surface area contributed by atoms with E-state index >= 15 is 0 Å². The van der Waals surface area contributed by atoms with Crippen LogP contribution in [-0.2, 0) is 0 Å². The second kappa shape index (κ2) is 3.11. The van der Waals surface area contributed by atoms with Crippen molar-refractivity contribution in [3.8, 4) is 0 Å². The lowest BCUT2D eigenvalue weighted by Crippen LogP contribution is -2.13. The minimum atomic E-state index is -4.03. The molecule has 0 saturated heterocycles. The van der Waals surface area contributed by atoms with Crippen molar-refractivity contribution >= 4 is 0 Å². The highest BCUT2D eigenvalue weighted by Gasteiger charge is 2.30. The number of halogens is 3. The van der Waals surface area contributed by atoms with Crippen LogP contribution in [-0.4, -0.2) is 6.18 Å². The third-order valence-electron chi connectivity index (χ3n) is 1.56. The highest BCUT2D eigenvalue weighted by atomic mass is 19.4. The number of rotatable bonds is 1. The Labute approximate surface area is 63.4 Å². The maximum Gasteiger partial charge on any atom is 0.389 e. The summed E-state index contributed by atoms with van der Waals surface area (Å²) in [5.41, 5.74) is 0. The molecule has 0 heterocycles. The first kappa shape index (κ1) is 8.37. The first-order valence-corrected chi connectivity index (χ1v) is 3.48. The molecule has 0 fully saturated rings. The lowest BCUT2D eigenvalue weighted by molar-refractivity contribution is -0.141. The van der Waals surface area contributed by atoms with Gasteiger partial charge in [0.2, 0.25) is 0 Å². The molecule has 0 aromatic rings. The van der Waals surface area contributed by atoms with E-state index in [-0.39, 0.29) is 5.92 Å². The maximum absolute atomic E-state index is 11.8. The van der Waals surface area contributed by atoms with Crippen molar-refractivity contribution in [2.45, 2.75) is 19.0 Å². The molecule has 0 aromatic heterocycles. The lowest BCUT2D eigenvalue weighted by atomic mass is 9.97. The molecule has 1 rings (SSSR count). The molecule has 0 nitrogen and oxygen atoms in total. The summed E-state index contributed by atoms with van der Waals surface area (Å²) >= 11 is 0. The quantitative estimate of drug-likeness (QED) is 0.555. The zero-order valence-electron chi connectivity index (χ0n) is 5.93. The van der Waals surface area contributed by atoms with E-state index in [9.17, 15) is 13.2 Å². The highest BCUT2D eigenvalue weighted by Crippen LogP contribution is 2.28. The van der Waals surface area contributed by atoms with Crippen molar-refractivity contribution in [2.24, 2.45) is 5.92 Å². The first-order chi connectivity index (χ1) is 5.08. The second-order valence-electron chi connectivity index (χ2n) is 2.63. The van der Waals surface area contributed by atoms with E-state index in [4.69, 9.17) is 0 Å². The summed E-state index contributed by atoms with van der Waals surface area (Å²) < 4.78 is 35.3. The van der Waals surface area contributed by atoms with Gasteiger partial charge in [-0.2, -0.15) is 13.2 Å². The summed E-state index contributed by atoms with van der Waals surface area (Å²) in [6, 6.07) is 0. The van der Waals surface area contributed by atoms with E-state index < -0.39 is 12.6 Å². The molecule has 0 bridgehead atoms. The Hall–Kier alpha value is -0.730. The Balaban J connectivity index is 2.39. The monoisotopic (exact) mass is 162 g/mol. The first-order valence-electron chi connectivity index (χ1n) is 3.48. The van der Waals surface area contributed by atoms with E-state index in [1.165, 1.54) is 0 Å². The fourth-order valence-corrected chi connectivity index (χ4v) is 1.08. The van der Waals surface area contributed by atoms with Crippen LogP contribution in [0.4, 0.5) is 13.2 Å². The van der Waals surface area contributed by atoms with E-state index in [1.54, 1.807) is 24.3 Å². The summed E-state index contributed by atoms with van der Waals surface area (Å²) in [5.74, 6) is -0.347. The van der Waals surface area contributed by atoms with Gasteiger partial charge in [0.05, 0.1) is 6.42 Å². The average molecular weight is 162 g/mol. The van der Waals surface area contributed by atoms with Gasteiger partial charge in [-0.05, 0) is 12.3 Å². The van der Waals surface area contributed by atoms with Gasteiger partial charge >= 0.3 is 6.18 Å². The standard InChI is InChI=1S/C8H9F3/c9-8(10,11)6-7-4-2-1-3-5-7/h1-4,7H,5-6H2. The van der Waals surface area contributed by atoms with Gasteiger partial charge in [-0.3, -0.25) is 0 Å². The Morgan fingerprint density at radius 3 is 2.45 bits per heavy atom. The Bertz CT molecular complexity index is 176. The summed E-state index contributed by atoms with van der Waals surface area (Å²) in [5, 5.41) is 0. The van der Waals surface area contributed by atoms with E-state index in [0.29, 0.717) is 6.42 Å². The predicted octanol–water partition coefficient (Wildman–Crippen LogP) is 3.07. The van der Waals surface area contributed by atoms with Gasteiger partial charge in [0.1, 0.15) is 0 Å². The van der Waals surface area contributed by atoms with Crippen LogP contribution in [0, 0.1) is 5.92 Å². The van der Waals surface area contributed by atoms with Crippen LogP contribution in [0.15, 0.2) is 24.3 Å². The fraction of sp³-hybridized carbons (Fsp3) is 0.500. The number of hydrogen-bond donors (Lipinski definition) is 0. The third kappa shape index (κ3) is 3.25. The van der Waals surface area contributed by atoms with Crippen molar-refractivity contribution in [3.05, 3.63) is 24.3 Å². The van der Waals surface area contributed by atoms with E-state index in [1.807, 2.05) is 0 Å². The van der Waals surface area contributed by atoms with Gasteiger partial charge in [0.25, 0.3) is 0 Å². The molecule has 1 aliphatic carbocycles. The SMILES string of the molecule is FC(F)(F)CC1C=CC=CC1. The van der Waals surface area contributed by atoms with Gasteiger partial charge in [-0.25, -0.2) is 0 Å². The zero-order chi connectivity index (χ0) is 8.32. The highest BCUT2D eigenvalue weighted by molar-refractivity contribution is 5.10. The van der Waals surface area contributed by atoms with Gasteiger partial charge in [-0.1, -0.05) is 24.3 Å². The van der Waals surface area contributed by atoms with Crippen LogP contribution in [0.2, 0.25) is 0 Å². The summed E-state index contributed by atoms with van der Waals surface area (Å²) in [6.45, 7) is 0. The maximum atomic E-state index is 11.8. The average Bonchev–Trinajstić information content (AvgIpc) is 1.85. The predicted molar refractivity (Wildman–Crippen MR) is 37.1 cm³/mol. The van der Waals surface area contributed by atoms with Crippen molar-refractivity contribution < 1.29 is 13.2 Å². The topological polar surface area (TPSA) is 0 Å². The molecule has 0 N–H and O–H groups in total. The minimum absolute atomic E-state index is 0.347. The number of alkyl halides is 3. The molecule has 1 unspecified atom stereocenters. The van der Waals surface area contributed by atoms with Gasteiger partial charge in [0.15, 0.2) is 0 Å². The van der Waals surface area contributed by atoms with Crippen LogP contribution in [0.1, 0.15) is 12.8 Å². The summed E-state index contributed by atoms with van der Waals surface area (Å²) in [7, 11) is 0. The Morgan fingerprint density at radius 1 is 1.27 bits per heavy atom. The van der Waals surface area contributed by atoms with Crippen LogP contribution < -0.4 is 0 Å². The zero-order valence-corrected chi connectivity index (χ0v) is 5.93. The Kier molecular flexibility index (Phi) is 2.37. The molecule has 3 heteroatoms. The van der Waals surface area contributed by atoms with Crippen molar-refractivity contribution in [3.63, 3.8) is 0 Å². The molecular weight excluding hydrogens is 153 g/mol. The summed E-state index contributed by atoms with van der Waals surface area (Å²) in [4.78, 5) is 0. The smallest absolute Gasteiger partial charge is 0.171 e. The second-order valence-corrected chi connectivity index (χ2v) is 2.63. The van der Waals surface area contributed by atoms with E-state index in [0.717, 1.165) is 0 Å². The summed E-state index contributed by atoms with van der Waals surface area (Å²) in [6.07, 6.45) is 2.58. The van der Waals surface area contributed by atoms with Gasteiger partial charge < -0.3 is 0 Å². The minimum Gasteiger partial charge on any atom is -0.171 e. The molecule has 0 amide bonds. The van der Waals surface area contributed by atoms with Gasteiger partial charge in [0, 0.05) is 0 Å². The van der Waals surface area contributed by atoms with Crippen molar-refractivity contribution in [2.75, 3.05) is 0 Å². The van der Waals surface area contributed by atoms with Crippen molar-refractivity contribution in [1.29, 1.82) is 0 Å². The lowest BCUT2D eigenvalue weighted by Gasteiger charge is -2.14. The largest absolute Gasteiger partial charge is 0.389 e. The molecular formula is C8H9F3. The van der Waals surface area contributed by atoms with Crippen LogP contribution in [0.3, 0.4) is 0 Å². The van der Waals surface area contributed by atoms with Crippen molar-refractivity contribution in [1.82, 2.24) is 0 Å². The molecule has 1 aliphatic rings. The fourth-order valence-electron chi connectivity index (χ4n) is 1.08. The van der Waals surface area contributed by atoms with E-state index in [2.05, 4.69) is 0 Å². The molecule has 0 aromatic carbocycles.